The predicted octanol–water partition coefficient (Wildman–Crippen LogP) is 5.60. The van der Waals surface area contributed by atoms with Gasteiger partial charge >= 0.3 is 0 Å². The molecule has 0 aliphatic carbocycles. The molecule has 0 N–H and O–H groups in total. The smallest absolute Gasteiger partial charge is 0.231 e. The van der Waals surface area contributed by atoms with E-state index in [1.54, 1.807) is 14.2 Å². The number of methoxy groups -OCH3 is 2. The van der Waals surface area contributed by atoms with Gasteiger partial charge in [0.25, 0.3) is 0 Å². The van der Waals surface area contributed by atoms with Crippen LogP contribution in [0.2, 0.25) is 0 Å². The van der Waals surface area contributed by atoms with Gasteiger partial charge in [-0.3, -0.25) is 0 Å². The fourth-order valence-electron chi connectivity index (χ4n) is 5.81. The van der Waals surface area contributed by atoms with Crippen molar-refractivity contribution in [3.8, 4) is 23.0 Å². The van der Waals surface area contributed by atoms with Gasteiger partial charge < -0.3 is 18.9 Å². The number of benzene rings is 4. The van der Waals surface area contributed by atoms with Crippen LogP contribution in [-0.4, -0.2) is 21.0 Å². The first-order valence-electron chi connectivity index (χ1n) is 11.8. The first-order chi connectivity index (χ1) is 17.6. The molecule has 2 aliphatic heterocycles. The molecule has 2 aliphatic rings. The molecule has 7 rings (SSSR count). The van der Waals surface area contributed by atoms with Gasteiger partial charge in [-0.1, -0.05) is 6.07 Å². The van der Waals surface area contributed by atoms with Crippen molar-refractivity contribution >= 4 is 32.4 Å². The van der Waals surface area contributed by atoms with Crippen molar-refractivity contribution < 1.29 is 32.3 Å². The van der Waals surface area contributed by atoms with Crippen LogP contribution in [0.1, 0.15) is 16.7 Å². The predicted molar refractivity (Wildman–Crippen MR) is 131 cm³/mol. The highest BCUT2D eigenvalue weighted by Gasteiger charge is 2.32. The lowest BCUT2D eigenvalue weighted by molar-refractivity contribution is -0.670. The van der Waals surface area contributed by atoms with E-state index in [4.69, 9.17) is 18.9 Å². The second-order valence-electron chi connectivity index (χ2n) is 9.16. The number of fused-ring (bicyclic) bond motifs is 4. The molecule has 1 aromatic heterocycles. The summed E-state index contributed by atoms with van der Waals surface area (Å²) in [6.45, 7) is 0.893. The van der Waals surface area contributed by atoms with Crippen LogP contribution in [-0.2, 0) is 19.4 Å². The van der Waals surface area contributed by atoms with Gasteiger partial charge in [-0.2, -0.15) is 4.57 Å². The number of ether oxygens (including phenoxy) is 4. The van der Waals surface area contributed by atoms with E-state index in [1.807, 2.05) is 24.3 Å². The Kier molecular flexibility index (Phi) is 4.52. The van der Waals surface area contributed by atoms with Crippen LogP contribution in [0.4, 0.5) is 8.78 Å². The van der Waals surface area contributed by atoms with Gasteiger partial charge in [-0.05, 0) is 47.5 Å². The number of hydrogen-bond acceptors (Lipinski definition) is 4. The molecule has 0 amide bonds. The summed E-state index contributed by atoms with van der Waals surface area (Å²) in [7, 11) is 3.24. The zero-order chi connectivity index (χ0) is 24.6. The average Bonchev–Trinajstić information content (AvgIpc) is 3.36. The Labute approximate surface area is 205 Å². The van der Waals surface area contributed by atoms with Crippen LogP contribution >= 0.6 is 0 Å². The number of pyridine rings is 1. The Morgan fingerprint density at radius 1 is 0.917 bits per heavy atom. The lowest BCUT2D eigenvalue weighted by atomic mass is 9.88. The monoisotopic (exact) mass is 486 g/mol. The maximum atomic E-state index is 14.8. The maximum Gasteiger partial charge on any atom is 0.231 e. The lowest BCUT2D eigenvalue weighted by Crippen LogP contribution is -2.38. The van der Waals surface area contributed by atoms with Gasteiger partial charge in [0.1, 0.15) is 11.6 Å². The van der Waals surface area contributed by atoms with Gasteiger partial charge in [-0.15, -0.1) is 0 Å². The molecule has 0 radical (unpaired) electrons. The molecule has 0 spiro atoms. The third kappa shape index (κ3) is 2.83. The first kappa shape index (κ1) is 21.2. The van der Waals surface area contributed by atoms with Crippen molar-refractivity contribution in [1.29, 1.82) is 0 Å². The van der Waals surface area contributed by atoms with E-state index in [9.17, 15) is 8.78 Å². The third-order valence-electron chi connectivity index (χ3n) is 7.37. The molecule has 0 unspecified atom stereocenters. The number of hydrogen-bond donors (Lipinski definition) is 0. The van der Waals surface area contributed by atoms with Crippen molar-refractivity contribution in [2.75, 3.05) is 21.0 Å². The molecule has 0 atom stereocenters. The van der Waals surface area contributed by atoms with Crippen molar-refractivity contribution in [2.45, 2.75) is 19.4 Å². The van der Waals surface area contributed by atoms with Gasteiger partial charge in [-0.25, -0.2) is 8.78 Å². The quantitative estimate of drug-likeness (QED) is 0.245. The summed E-state index contributed by atoms with van der Waals surface area (Å²) in [6, 6.07) is 11.9. The van der Waals surface area contributed by atoms with E-state index < -0.39 is 11.6 Å². The molecule has 5 nitrogen and oxygen atoms in total. The Morgan fingerprint density at radius 3 is 2.53 bits per heavy atom. The van der Waals surface area contributed by atoms with Crippen molar-refractivity contribution in [1.82, 2.24) is 0 Å². The van der Waals surface area contributed by atoms with E-state index in [0.29, 0.717) is 23.0 Å². The molecular weight excluding hydrogens is 464 g/mol. The minimum absolute atomic E-state index is 0.0284. The van der Waals surface area contributed by atoms with E-state index in [-0.39, 0.29) is 18.8 Å². The zero-order valence-corrected chi connectivity index (χ0v) is 19.8. The van der Waals surface area contributed by atoms with E-state index >= 15 is 0 Å². The number of aryl methyl sites for hydroxylation is 2. The summed E-state index contributed by atoms with van der Waals surface area (Å²) in [4.78, 5) is 0. The molecule has 0 saturated carbocycles. The molecule has 5 aromatic rings. The second kappa shape index (κ2) is 7.68. The van der Waals surface area contributed by atoms with Crippen LogP contribution in [0, 0.1) is 11.6 Å². The van der Waals surface area contributed by atoms with Crippen molar-refractivity contribution in [3.63, 3.8) is 0 Å². The average molecular weight is 486 g/mol. The molecule has 3 heterocycles. The van der Waals surface area contributed by atoms with Crippen LogP contribution in [0.5, 0.6) is 23.0 Å². The Morgan fingerprint density at radius 2 is 1.75 bits per heavy atom. The molecule has 0 fully saturated rings. The molecule has 0 saturated heterocycles. The Bertz CT molecular complexity index is 1730. The summed E-state index contributed by atoms with van der Waals surface area (Å²) >= 11 is 0. The highest BCUT2D eigenvalue weighted by Crippen LogP contribution is 2.48. The number of aromatic nitrogens is 1. The highest BCUT2D eigenvalue weighted by molar-refractivity contribution is 6.18. The number of halogens is 2. The van der Waals surface area contributed by atoms with Crippen LogP contribution < -0.4 is 23.5 Å². The summed E-state index contributed by atoms with van der Waals surface area (Å²) in [5.41, 5.74) is 3.00. The Hall–Kier alpha value is -4.13. The summed E-state index contributed by atoms with van der Waals surface area (Å²) < 4.78 is 54.8. The molecule has 4 aromatic carbocycles. The largest absolute Gasteiger partial charge is 0.493 e. The van der Waals surface area contributed by atoms with Gasteiger partial charge in [0.2, 0.25) is 12.3 Å². The maximum absolute atomic E-state index is 14.8. The normalized spacial score (nSPS) is 13.8. The van der Waals surface area contributed by atoms with Gasteiger partial charge in [0.15, 0.2) is 35.7 Å². The summed E-state index contributed by atoms with van der Waals surface area (Å²) in [6.07, 6.45) is 2.96. The van der Waals surface area contributed by atoms with Crippen molar-refractivity contribution in [2.24, 2.45) is 0 Å². The van der Waals surface area contributed by atoms with E-state index in [0.717, 1.165) is 56.5 Å². The Balaban J connectivity index is 1.65. The number of rotatable bonds is 4. The number of nitrogens with zero attached hydrogens (tertiary/aromatic N) is 1. The molecule has 0 bridgehead atoms. The SMILES string of the molecule is COc1ccc2c(c[n+]3c4c2cc(Cc2c(F)cccc2F)c2c5c(cc(c24)CC3)OCO5)c1OC. The molecule has 7 heteroatoms. The second-order valence-corrected chi connectivity index (χ2v) is 9.16. The lowest BCUT2D eigenvalue weighted by Gasteiger charge is -2.20. The van der Waals surface area contributed by atoms with Crippen LogP contribution in [0.25, 0.3) is 32.4 Å². The first-order valence-corrected chi connectivity index (χ1v) is 11.8. The molecule has 36 heavy (non-hydrogen) atoms. The van der Waals surface area contributed by atoms with Crippen LogP contribution in [0.15, 0.2) is 48.7 Å². The van der Waals surface area contributed by atoms with E-state index in [1.165, 1.54) is 18.2 Å². The zero-order valence-electron chi connectivity index (χ0n) is 19.8. The van der Waals surface area contributed by atoms with Gasteiger partial charge in [0.05, 0.1) is 30.4 Å². The van der Waals surface area contributed by atoms with Gasteiger partial charge in [0, 0.05) is 29.2 Å². The van der Waals surface area contributed by atoms with E-state index in [2.05, 4.69) is 10.8 Å². The topological polar surface area (TPSA) is 40.8 Å². The van der Waals surface area contributed by atoms with Crippen molar-refractivity contribution in [3.05, 3.63) is 77.0 Å². The standard InChI is InChI=1S/C29H22F2NO4/c1-33-23-7-6-17-18-10-16(11-19-21(30)4-3-5-22(19)31)26-25-15(12-24-29(26)36-14-35-24)8-9-32(27(18)25)13-20(17)28(23)34-2/h3-7,10,12-13H,8-9,11,14H2,1-2H3/q+1. The third-order valence-corrected chi connectivity index (χ3v) is 7.37. The molecule has 180 valence electrons. The minimum Gasteiger partial charge on any atom is -0.493 e. The highest BCUT2D eigenvalue weighted by atomic mass is 19.1. The summed E-state index contributed by atoms with van der Waals surface area (Å²) in [5.74, 6) is 1.46. The fraction of sp³-hybridized carbons (Fsp3) is 0.207. The minimum atomic E-state index is -0.570. The molecular formula is C29H22F2NO4+. The summed E-state index contributed by atoms with van der Waals surface area (Å²) in [5, 5.41) is 4.75. The van der Waals surface area contributed by atoms with Crippen LogP contribution in [0.3, 0.4) is 0 Å². The fourth-order valence-corrected chi connectivity index (χ4v) is 5.81.